The van der Waals surface area contributed by atoms with E-state index < -0.39 is 5.97 Å². The van der Waals surface area contributed by atoms with Crippen LogP contribution in [0.15, 0.2) is 54.9 Å². The zero-order chi connectivity index (χ0) is 19.8. The van der Waals surface area contributed by atoms with Gasteiger partial charge in [0, 0.05) is 6.54 Å². The number of carbonyl (C=O) groups excluding carboxylic acids is 2. The molecule has 1 aromatic heterocycles. The SMILES string of the molecule is COc1ccc(CCNC(=O)COC(=O)c2ccc(-n3cnnn3)cc2)cc1. The van der Waals surface area contributed by atoms with Crippen molar-refractivity contribution in [2.75, 3.05) is 20.3 Å². The Labute approximate surface area is 161 Å². The van der Waals surface area contributed by atoms with Crippen LogP contribution in [-0.2, 0) is 16.0 Å². The van der Waals surface area contributed by atoms with E-state index in [4.69, 9.17) is 9.47 Å². The molecular weight excluding hydrogens is 362 g/mol. The van der Waals surface area contributed by atoms with Crippen molar-refractivity contribution in [3.63, 3.8) is 0 Å². The number of rotatable bonds is 8. The molecule has 0 unspecified atom stereocenters. The second-order valence-corrected chi connectivity index (χ2v) is 5.83. The normalized spacial score (nSPS) is 10.3. The monoisotopic (exact) mass is 381 g/mol. The molecule has 1 N–H and O–H groups in total. The second kappa shape index (κ2) is 9.26. The van der Waals surface area contributed by atoms with E-state index in [9.17, 15) is 9.59 Å². The number of esters is 1. The fraction of sp³-hybridized carbons (Fsp3) is 0.211. The third-order valence-electron chi connectivity index (χ3n) is 3.95. The van der Waals surface area contributed by atoms with Gasteiger partial charge in [-0.1, -0.05) is 12.1 Å². The van der Waals surface area contributed by atoms with E-state index in [1.807, 2.05) is 24.3 Å². The molecule has 3 aromatic rings. The Morgan fingerprint density at radius 3 is 2.46 bits per heavy atom. The lowest BCUT2D eigenvalue weighted by atomic mass is 10.1. The molecule has 0 fully saturated rings. The molecule has 1 amide bonds. The van der Waals surface area contributed by atoms with Gasteiger partial charge in [0.2, 0.25) is 0 Å². The highest BCUT2D eigenvalue weighted by Gasteiger charge is 2.10. The molecule has 9 heteroatoms. The number of carbonyl (C=O) groups is 2. The maximum absolute atomic E-state index is 12.0. The van der Waals surface area contributed by atoms with Crippen molar-refractivity contribution in [2.24, 2.45) is 0 Å². The molecule has 0 bridgehead atoms. The number of benzene rings is 2. The van der Waals surface area contributed by atoms with Gasteiger partial charge in [-0.15, -0.1) is 5.10 Å². The fourth-order valence-electron chi connectivity index (χ4n) is 2.43. The second-order valence-electron chi connectivity index (χ2n) is 5.83. The summed E-state index contributed by atoms with van der Waals surface area (Å²) >= 11 is 0. The van der Waals surface area contributed by atoms with Crippen LogP contribution < -0.4 is 10.1 Å². The Hall–Kier alpha value is -3.75. The van der Waals surface area contributed by atoms with Crippen LogP contribution in [0.2, 0.25) is 0 Å². The number of methoxy groups -OCH3 is 1. The average Bonchev–Trinajstić information content (AvgIpc) is 3.27. The molecule has 0 radical (unpaired) electrons. The molecule has 144 valence electrons. The summed E-state index contributed by atoms with van der Waals surface area (Å²) < 4.78 is 11.6. The lowest BCUT2D eigenvalue weighted by Gasteiger charge is -2.08. The highest BCUT2D eigenvalue weighted by Crippen LogP contribution is 2.11. The highest BCUT2D eigenvalue weighted by atomic mass is 16.5. The maximum Gasteiger partial charge on any atom is 0.338 e. The van der Waals surface area contributed by atoms with Crippen LogP contribution in [0.3, 0.4) is 0 Å². The smallest absolute Gasteiger partial charge is 0.338 e. The summed E-state index contributed by atoms with van der Waals surface area (Å²) in [6, 6.07) is 14.1. The number of nitrogens with one attached hydrogen (secondary N) is 1. The summed E-state index contributed by atoms with van der Waals surface area (Å²) in [6.07, 6.45) is 2.12. The molecule has 28 heavy (non-hydrogen) atoms. The summed E-state index contributed by atoms with van der Waals surface area (Å²) in [6.45, 7) is 0.111. The van der Waals surface area contributed by atoms with Gasteiger partial charge in [-0.05, 0) is 58.8 Å². The summed E-state index contributed by atoms with van der Waals surface area (Å²) in [7, 11) is 1.61. The minimum absolute atomic E-state index is 0.336. The lowest BCUT2D eigenvalue weighted by molar-refractivity contribution is -0.124. The molecule has 0 spiro atoms. The Morgan fingerprint density at radius 2 is 1.82 bits per heavy atom. The highest BCUT2D eigenvalue weighted by molar-refractivity contribution is 5.91. The Morgan fingerprint density at radius 1 is 1.07 bits per heavy atom. The Balaban J connectivity index is 1.40. The number of hydrogen-bond acceptors (Lipinski definition) is 7. The van der Waals surface area contributed by atoms with E-state index in [2.05, 4.69) is 20.8 Å². The molecule has 1 heterocycles. The fourth-order valence-corrected chi connectivity index (χ4v) is 2.43. The van der Waals surface area contributed by atoms with Gasteiger partial charge >= 0.3 is 5.97 Å². The first kappa shape index (κ1) is 19.0. The van der Waals surface area contributed by atoms with E-state index in [1.54, 1.807) is 31.4 Å². The topological polar surface area (TPSA) is 108 Å². The quantitative estimate of drug-likeness (QED) is 0.584. The molecule has 3 rings (SSSR count). The first-order valence-corrected chi connectivity index (χ1v) is 8.56. The predicted octanol–water partition coefficient (Wildman–Crippen LogP) is 1.19. The van der Waals surface area contributed by atoms with Crippen LogP contribution >= 0.6 is 0 Å². The van der Waals surface area contributed by atoms with Crippen molar-refractivity contribution in [1.82, 2.24) is 25.5 Å². The summed E-state index contributed by atoms with van der Waals surface area (Å²) in [5, 5.41) is 13.6. The number of nitrogens with zero attached hydrogens (tertiary/aromatic N) is 4. The first-order valence-electron chi connectivity index (χ1n) is 8.56. The van der Waals surface area contributed by atoms with Crippen molar-refractivity contribution < 1.29 is 19.1 Å². The number of amides is 1. The predicted molar refractivity (Wildman–Crippen MR) is 99.1 cm³/mol. The maximum atomic E-state index is 12.0. The van der Waals surface area contributed by atoms with E-state index in [0.29, 0.717) is 24.2 Å². The molecule has 0 aliphatic carbocycles. The molecule has 9 nitrogen and oxygen atoms in total. The summed E-state index contributed by atoms with van der Waals surface area (Å²) in [5.74, 6) is -0.147. The molecule has 2 aromatic carbocycles. The average molecular weight is 381 g/mol. The van der Waals surface area contributed by atoms with Gasteiger partial charge in [-0.2, -0.15) is 0 Å². The number of hydrogen-bond donors (Lipinski definition) is 1. The van der Waals surface area contributed by atoms with Crippen LogP contribution in [0.1, 0.15) is 15.9 Å². The van der Waals surface area contributed by atoms with Gasteiger partial charge in [0.25, 0.3) is 5.91 Å². The third-order valence-corrected chi connectivity index (χ3v) is 3.95. The van der Waals surface area contributed by atoms with Gasteiger partial charge in [-0.25, -0.2) is 9.48 Å². The van der Waals surface area contributed by atoms with Gasteiger partial charge < -0.3 is 14.8 Å². The van der Waals surface area contributed by atoms with Crippen molar-refractivity contribution in [3.8, 4) is 11.4 Å². The van der Waals surface area contributed by atoms with Gasteiger partial charge in [0.15, 0.2) is 6.61 Å². The van der Waals surface area contributed by atoms with Crippen LogP contribution in [0.4, 0.5) is 0 Å². The van der Waals surface area contributed by atoms with Crippen molar-refractivity contribution in [2.45, 2.75) is 6.42 Å². The van der Waals surface area contributed by atoms with Crippen LogP contribution in [0.5, 0.6) is 5.75 Å². The van der Waals surface area contributed by atoms with E-state index in [-0.39, 0.29) is 12.5 Å². The van der Waals surface area contributed by atoms with Crippen LogP contribution in [-0.4, -0.2) is 52.3 Å². The van der Waals surface area contributed by atoms with E-state index >= 15 is 0 Å². The number of aromatic nitrogens is 4. The number of ether oxygens (including phenoxy) is 2. The van der Waals surface area contributed by atoms with Crippen LogP contribution in [0, 0.1) is 0 Å². The molecule has 0 saturated heterocycles. The van der Waals surface area contributed by atoms with Gasteiger partial charge in [0.05, 0.1) is 18.4 Å². The van der Waals surface area contributed by atoms with Crippen LogP contribution in [0.25, 0.3) is 5.69 Å². The largest absolute Gasteiger partial charge is 0.497 e. The van der Waals surface area contributed by atoms with Crippen molar-refractivity contribution >= 4 is 11.9 Å². The van der Waals surface area contributed by atoms with Gasteiger partial charge in [0.1, 0.15) is 12.1 Å². The lowest BCUT2D eigenvalue weighted by Crippen LogP contribution is -2.30. The van der Waals surface area contributed by atoms with Crippen molar-refractivity contribution in [3.05, 3.63) is 66.0 Å². The number of tetrazole rings is 1. The standard InChI is InChI=1S/C19H19N5O4/c1-27-17-8-2-14(3-9-17)10-11-20-18(25)12-28-19(26)15-4-6-16(7-5-15)24-13-21-22-23-24/h2-9,13H,10-12H2,1H3,(H,20,25). The van der Waals surface area contributed by atoms with E-state index in [1.165, 1.54) is 11.0 Å². The zero-order valence-corrected chi connectivity index (χ0v) is 15.2. The zero-order valence-electron chi connectivity index (χ0n) is 15.2. The molecular formula is C19H19N5O4. The minimum atomic E-state index is -0.575. The van der Waals surface area contributed by atoms with Gasteiger partial charge in [-0.3, -0.25) is 4.79 Å². The molecule has 0 aliphatic heterocycles. The van der Waals surface area contributed by atoms with E-state index in [0.717, 1.165) is 11.3 Å². The molecule has 0 saturated carbocycles. The minimum Gasteiger partial charge on any atom is -0.497 e. The third kappa shape index (κ3) is 5.13. The Kier molecular flexibility index (Phi) is 6.29. The van der Waals surface area contributed by atoms with Crippen molar-refractivity contribution in [1.29, 1.82) is 0 Å². The molecule has 0 aliphatic rings. The summed E-state index contributed by atoms with van der Waals surface area (Å²) in [5.41, 5.74) is 2.11. The Bertz CT molecular complexity index is 909. The first-order chi connectivity index (χ1) is 13.7. The summed E-state index contributed by atoms with van der Waals surface area (Å²) in [4.78, 5) is 23.9. The molecule has 0 atom stereocenters.